The van der Waals surface area contributed by atoms with Gasteiger partial charge in [0.2, 0.25) is 6.79 Å². The van der Waals surface area contributed by atoms with Crippen molar-refractivity contribution in [2.45, 2.75) is 0 Å². The fraction of sp³-hybridized carbons (Fsp3) is 0.0909. The van der Waals surface area contributed by atoms with Crippen LogP contribution in [0.1, 0.15) is 5.56 Å². The number of aliphatic imine (C=N–C) groups is 1. The Morgan fingerprint density at radius 2 is 1.89 bits per heavy atom. The maximum absolute atomic E-state index is 12.8. The highest BCUT2D eigenvalue weighted by atomic mass is 16.7. The lowest BCUT2D eigenvalue weighted by Gasteiger charge is -2.21. The van der Waals surface area contributed by atoms with Crippen LogP contribution in [0.2, 0.25) is 0 Å². The van der Waals surface area contributed by atoms with Crippen molar-refractivity contribution >= 4 is 18.7 Å². The Morgan fingerprint density at radius 1 is 1.15 bits per heavy atom. The minimum absolute atomic E-state index is 0.204. The number of amides is 1. The summed E-state index contributed by atoms with van der Waals surface area (Å²) in [5, 5.41) is 0. The predicted molar refractivity (Wildman–Crippen MR) is 110 cm³/mol. The number of benzene rings is 1. The molecule has 1 aliphatic heterocycles. The number of hydrogen-bond acceptors (Lipinski definition) is 4. The SMILES string of the molecule is C=C/C=C(\C=C)CN(C(=O)/C=C/c1ccc2c(c1)OCO2)/C(=C/C=C)N=C. The Bertz CT molecular complexity index is 847. The molecule has 27 heavy (non-hydrogen) atoms. The van der Waals surface area contributed by atoms with Gasteiger partial charge in [-0.25, -0.2) is 4.99 Å². The summed E-state index contributed by atoms with van der Waals surface area (Å²) in [6.45, 7) is 15.1. The minimum atomic E-state index is -0.259. The van der Waals surface area contributed by atoms with Crippen molar-refractivity contribution in [3.8, 4) is 11.5 Å². The number of carbonyl (C=O) groups is 1. The summed E-state index contributed by atoms with van der Waals surface area (Å²) in [6.07, 6.45) is 11.4. The zero-order valence-electron chi connectivity index (χ0n) is 15.1. The van der Waals surface area contributed by atoms with Gasteiger partial charge in [-0.2, -0.15) is 0 Å². The lowest BCUT2D eigenvalue weighted by molar-refractivity contribution is -0.123. The van der Waals surface area contributed by atoms with E-state index in [2.05, 4.69) is 31.4 Å². The van der Waals surface area contributed by atoms with Gasteiger partial charge in [-0.05, 0) is 42.1 Å². The fourth-order valence-electron chi connectivity index (χ4n) is 2.40. The zero-order chi connectivity index (χ0) is 19.6. The van der Waals surface area contributed by atoms with E-state index in [9.17, 15) is 4.79 Å². The highest BCUT2D eigenvalue weighted by Gasteiger charge is 2.16. The highest BCUT2D eigenvalue weighted by molar-refractivity contribution is 5.93. The van der Waals surface area contributed by atoms with Crippen molar-refractivity contribution in [1.29, 1.82) is 0 Å². The van der Waals surface area contributed by atoms with E-state index in [-0.39, 0.29) is 19.2 Å². The van der Waals surface area contributed by atoms with E-state index in [1.807, 2.05) is 12.1 Å². The van der Waals surface area contributed by atoms with Gasteiger partial charge >= 0.3 is 0 Å². The third kappa shape index (κ3) is 5.19. The zero-order valence-corrected chi connectivity index (χ0v) is 15.1. The summed E-state index contributed by atoms with van der Waals surface area (Å²) in [4.78, 5) is 18.2. The molecule has 0 atom stereocenters. The summed E-state index contributed by atoms with van der Waals surface area (Å²) in [5.74, 6) is 1.48. The number of hydrogen-bond donors (Lipinski definition) is 0. The molecule has 2 rings (SSSR count). The molecule has 1 amide bonds. The Balaban J connectivity index is 2.26. The van der Waals surface area contributed by atoms with Crippen LogP contribution in [0.25, 0.3) is 6.08 Å². The van der Waals surface area contributed by atoms with Crippen molar-refractivity contribution in [2.75, 3.05) is 13.3 Å². The molecule has 1 heterocycles. The molecule has 1 aromatic carbocycles. The normalized spacial score (nSPS) is 13.3. The molecule has 0 bridgehead atoms. The van der Waals surface area contributed by atoms with Gasteiger partial charge in [-0.1, -0.05) is 50.1 Å². The number of nitrogens with zero attached hydrogens (tertiary/aromatic N) is 2. The maximum Gasteiger partial charge on any atom is 0.252 e. The second-order valence-corrected chi connectivity index (χ2v) is 5.47. The summed E-state index contributed by atoms with van der Waals surface area (Å²) in [5.41, 5.74) is 1.63. The number of ether oxygens (including phenoxy) is 2. The molecule has 0 aromatic heterocycles. The average molecular weight is 362 g/mol. The van der Waals surface area contributed by atoms with Gasteiger partial charge in [0.05, 0.1) is 6.54 Å². The highest BCUT2D eigenvalue weighted by Crippen LogP contribution is 2.32. The standard InChI is InChI=1S/C22H22N2O3/c1-5-8-17(7-3)15-24(21(23-4)9-6-2)22(25)13-11-18-10-12-19-20(14-18)27-16-26-19/h5-14H,1-4,15-16H2/b13-11+,17-8+,21-9+. The van der Waals surface area contributed by atoms with E-state index < -0.39 is 0 Å². The molecule has 0 saturated carbocycles. The molecule has 5 heteroatoms. The molecule has 1 aliphatic rings. The molecule has 5 nitrogen and oxygen atoms in total. The smallest absolute Gasteiger partial charge is 0.252 e. The fourth-order valence-corrected chi connectivity index (χ4v) is 2.40. The largest absolute Gasteiger partial charge is 0.454 e. The number of fused-ring (bicyclic) bond motifs is 1. The molecule has 0 aliphatic carbocycles. The first-order chi connectivity index (χ1) is 13.1. The van der Waals surface area contributed by atoms with Gasteiger partial charge in [0.1, 0.15) is 5.82 Å². The third-order valence-corrected chi connectivity index (χ3v) is 3.72. The van der Waals surface area contributed by atoms with E-state index in [4.69, 9.17) is 9.47 Å². The van der Waals surface area contributed by atoms with Crippen molar-refractivity contribution < 1.29 is 14.3 Å². The molecule has 0 fully saturated rings. The molecule has 0 spiro atoms. The molecule has 138 valence electrons. The summed E-state index contributed by atoms with van der Waals surface area (Å²) < 4.78 is 10.6. The van der Waals surface area contributed by atoms with E-state index in [0.29, 0.717) is 17.3 Å². The van der Waals surface area contributed by atoms with Gasteiger partial charge in [0.15, 0.2) is 11.5 Å². The first-order valence-electron chi connectivity index (χ1n) is 8.25. The van der Waals surface area contributed by atoms with Gasteiger partial charge in [0.25, 0.3) is 5.91 Å². The topological polar surface area (TPSA) is 51.1 Å². The number of rotatable bonds is 9. The van der Waals surface area contributed by atoms with Crippen molar-refractivity contribution in [3.05, 3.63) is 91.3 Å². The van der Waals surface area contributed by atoms with Crippen molar-refractivity contribution in [2.24, 2.45) is 4.99 Å². The van der Waals surface area contributed by atoms with Crippen molar-refractivity contribution in [3.63, 3.8) is 0 Å². The van der Waals surface area contributed by atoms with Crippen LogP contribution in [0.4, 0.5) is 0 Å². The van der Waals surface area contributed by atoms with E-state index in [1.54, 1.807) is 42.5 Å². The van der Waals surface area contributed by atoms with Gasteiger partial charge < -0.3 is 9.47 Å². The molecular formula is C22H22N2O3. The molecule has 0 saturated heterocycles. The second kappa shape index (κ2) is 9.77. The van der Waals surface area contributed by atoms with Crippen LogP contribution in [0, 0.1) is 0 Å². The van der Waals surface area contributed by atoms with Crippen LogP contribution in [-0.4, -0.2) is 30.9 Å². The monoisotopic (exact) mass is 362 g/mol. The first kappa shape index (κ1) is 19.7. The van der Waals surface area contributed by atoms with Gasteiger partial charge in [-0.15, -0.1) is 0 Å². The molecule has 0 radical (unpaired) electrons. The molecule has 0 N–H and O–H groups in total. The van der Waals surface area contributed by atoms with Crippen LogP contribution in [0.3, 0.4) is 0 Å². The lowest BCUT2D eigenvalue weighted by atomic mass is 10.1. The molecule has 0 unspecified atom stereocenters. The maximum atomic E-state index is 12.8. The Morgan fingerprint density at radius 3 is 2.56 bits per heavy atom. The summed E-state index contributed by atoms with van der Waals surface area (Å²) >= 11 is 0. The lowest BCUT2D eigenvalue weighted by Crippen LogP contribution is -2.30. The summed E-state index contributed by atoms with van der Waals surface area (Å²) in [7, 11) is 0. The molecule has 1 aromatic rings. The van der Waals surface area contributed by atoms with Crippen LogP contribution in [-0.2, 0) is 4.79 Å². The van der Waals surface area contributed by atoms with Crippen LogP contribution < -0.4 is 9.47 Å². The van der Waals surface area contributed by atoms with E-state index >= 15 is 0 Å². The predicted octanol–water partition coefficient (Wildman–Crippen LogP) is 4.28. The first-order valence-corrected chi connectivity index (χ1v) is 8.25. The Hall–Kier alpha value is -3.60. The van der Waals surface area contributed by atoms with E-state index in [1.165, 1.54) is 11.0 Å². The number of carbonyl (C=O) groups excluding carboxylic acids is 1. The van der Waals surface area contributed by atoms with Gasteiger partial charge in [-0.3, -0.25) is 9.69 Å². The summed E-state index contributed by atoms with van der Waals surface area (Å²) in [6, 6.07) is 5.47. The van der Waals surface area contributed by atoms with Gasteiger partial charge in [0, 0.05) is 6.08 Å². The second-order valence-electron chi connectivity index (χ2n) is 5.47. The van der Waals surface area contributed by atoms with Crippen LogP contribution >= 0.6 is 0 Å². The Labute approximate surface area is 159 Å². The van der Waals surface area contributed by atoms with E-state index in [0.717, 1.165) is 11.1 Å². The van der Waals surface area contributed by atoms with Crippen LogP contribution in [0.15, 0.2) is 90.8 Å². The quantitative estimate of drug-likeness (QED) is 0.374. The number of allylic oxidation sites excluding steroid dienone is 4. The Kier molecular flexibility index (Phi) is 7.14. The average Bonchev–Trinajstić information content (AvgIpc) is 3.15. The van der Waals surface area contributed by atoms with Crippen LogP contribution in [0.5, 0.6) is 11.5 Å². The third-order valence-electron chi connectivity index (χ3n) is 3.72. The minimum Gasteiger partial charge on any atom is -0.454 e. The molecular weight excluding hydrogens is 340 g/mol. The van der Waals surface area contributed by atoms with Crippen molar-refractivity contribution in [1.82, 2.24) is 4.90 Å².